The van der Waals surface area contributed by atoms with Crippen molar-refractivity contribution in [1.29, 1.82) is 0 Å². The predicted octanol–water partition coefficient (Wildman–Crippen LogP) is 0.766. The molecule has 4 nitrogen and oxygen atoms in total. The molecule has 0 radical (unpaired) electrons. The van der Waals surface area contributed by atoms with E-state index in [1.807, 2.05) is 6.07 Å². The summed E-state index contributed by atoms with van der Waals surface area (Å²) in [6.45, 7) is 0. The maximum Gasteiger partial charge on any atom is 0.152 e. The molecule has 1 aromatic carbocycles. The SMILES string of the molecule is CN(N)/N=C(\N)c1cccc(Cl)c1. The van der Waals surface area contributed by atoms with Gasteiger partial charge in [-0.05, 0) is 12.1 Å². The van der Waals surface area contributed by atoms with E-state index in [9.17, 15) is 0 Å². The summed E-state index contributed by atoms with van der Waals surface area (Å²) >= 11 is 5.77. The van der Waals surface area contributed by atoms with Crippen LogP contribution in [0.1, 0.15) is 5.56 Å². The van der Waals surface area contributed by atoms with Crippen LogP contribution in [0.25, 0.3) is 0 Å². The lowest BCUT2D eigenvalue weighted by atomic mass is 10.2. The van der Waals surface area contributed by atoms with E-state index in [0.717, 1.165) is 10.7 Å². The molecule has 0 spiro atoms. The van der Waals surface area contributed by atoms with Crippen LogP contribution < -0.4 is 11.6 Å². The smallest absolute Gasteiger partial charge is 0.152 e. The maximum absolute atomic E-state index is 5.77. The van der Waals surface area contributed by atoms with Crippen LogP contribution in [0.5, 0.6) is 0 Å². The van der Waals surface area contributed by atoms with Gasteiger partial charge in [0, 0.05) is 17.6 Å². The van der Waals surface area contributed by atoms with E-state index in [-0.39, 0.29) is 0 Å². The third-order valence-corrected chi connectivity index (χ3v) is 1.62. The van der Waals surface area contributed by atoms with E-state index in [1.165, 1.54) is 0 Å². The van der Waals surface area contributed by atoms with Gasteiger partial charge in [0.25, 0.3) is 0 Å². The molecule has 0 atom stereocenters. The molecule has 1 aromatic rings. The van der Waals surface area contributed by atoms with Gasteiger partial charge in [-0.1, -0.05) is 23.7 Å². The fourth-order valence-corrected chi connectivity index (χ4v) is 1.07. The zero-order valence-electron chi connectivity index (χ0n) is 7.24. The summed E-state index contributed by atoms with van der Waals surface area (Å²) in [5.41, 5.74) is 6.39. The largest absolute Gasteiger partial charge is 0.382 e. The highest BCUT2D eigenvalue weighted by atomic mass is 35.5. The Hall–Kier alpha value is -1.26. The third kappa shape index (κ3) is 2.93. The summed E-state index contributed by atoms with van der Waals surface area (Å²) in [5.74, 6) is 5.64. The first kappa shape index (κ1) is 9.83. The second-order valence-electron chi connectivity index (χ2n) is 2.57. The van der Waals surface area contributed by atoms with E-state index < -0.39 is 0 Å². The molecule has 4 N–H and O–H groups in total. The van der Waals surface area contributed by atoms with Crippen LogP contribution in [0.3, 0.4) is 0 Å². The molecule has 0 unspecified atom stereocenters. The first-order valence-corrected chi connectivity index (χ1v) is 4.06. The van der Waals surface area contributed by atoms with Crippen LogP contribution in [-0.4, -0.2) is 18.0 Å². The van der Waals surface area contributed by atoms with Gasteiger partial charge in [0.1, 0.15) is 0 Å². The summed E-state index contributed by atoms with van der Waals surface area (Å²) in [6.07, 6.45) is 0. The van der Waals surface area contributed by atoms with Gasteiger partial charge in [-0.15, -0.1) is 5.10 Å². The van der Waals surface area contributed by atoms with Crippen molar-refractivity contribution in [2.24, 2.45) is 16.7 Å². The molecule has 70 valence electrons. The molecule has 0 aromatic heterocycles. The first-order valence-electron chi connectivity index (χ1n) is 3.68. The maximum atomic E-state index is 5.77. The standard InChI is InChI=1S/C8H11ClN4/c1-13(11)12-8(10)6-3-2-4-7(9)5-6/h2-5H,11H2,1H3,(H2,10,12). The van der Waals surface area contributed by atoms with Gasteiger partial charge in [0.2, 0.25) is 0 Å². The fraction of sp³-hybridized carbons (Fsp3) is 0.125. The van der Waals surface area contributed by atoms with E-state index >= 15 is 0 Å². The fourth-order valence-electron chi connectivity index (χ4n) is 0.875. The van der Waals surface area contributed by atoms with Crippen LogP contribution in [0, 0.1) is 0 Å². The normalized spacial score (nSPS) is 11.5. The number of hydrazone groups is 1. The Balaban J connectivity index is 2.95. The van der Waals surface area contributed by atoms with Crippen molar-refractivity contribution in [2.45, 2.75) is 0 Å². The lowest BCUT2D eigenvalue weighted by Crippen LogP contribution is -2.25. The number of nitrogens with two attached hydrogens (primary N) is 2. The quantitative estimate of drug-likeness (QED) is 0.319. The monoisotopic (exact) mass is 198 g/mol. The summed E-state index contributed by atoms with van der Waals surface area (Å²) < 4.78 is 0. The van der Waals surface area contributed by atoms with Crippen molar-refractivity contribution in [3.63, 3.8) is 0 Å². The molecule has 0 aliphatic carbocycles. The molecule has 0 saturated carbocycles. The molecule has 0 saturated heterocycles. The van der Waals surface area contributed by atoms with Crippen molar-refractivity contribution >= 4 is 17.4 Å². The molecular formula is C8H11ClN4. The van der Waals surface area contributed by atoms with Crippen molar-refractivity contribution in [2.75, 3.05) is 7.05 Å². The second-order valence-corrected chi connectivity index (χ2v) is 3.01. The highest BCUT2D eigenvalue weighted by Crippen LogP contribution is 2.10. The number of hydrogen-bond acceptors (Lipinski definition) is 3. The van der Waals surface area contributed by atoms with Gasteiger partial charge in [-0.25, -0.2) is 11.0 Å². The molecule has 0 bridgehead atoms. The van der Waals surface area contributed by atoms with E-state index in [1.54, 1.807) is 25.2 Å². The van der Waals surface area contributed by atoms with Crippen LogP contribution in [-0.2, 0) is 0 Å². The predicted molar refractivity (Wildman–Crippen MR) is 54.1 cm³/mol. The molecule has 0 aliphatic heterocycles. The van der Waals surface area contributed by atoms with Crippen LogP contribution >= 0.6 is 11.6 Å². The average molecular weight is 199 g/mol. The Labute approximate surface area is 81.7 Å². The Morgan fingerprint density at radius 2 is 2.23 bits per heavy atom. The number of halogens is 1. The van der Waals surface area contributed by atoms with Gasteiger partial charge in [0.15, 0.2) is 5.84 Å². The topological polar surface area (TPSA) is 67.6 Å². The zero-order chi connectivity index (χ0) is 9.84. The first-order chi connectivity index (χ1) is 6.09. The molecule has 0 heterocycles. The lowest BCUT2D eigenvalue weighted by molar-refractivity contribution is 0.371. The molecule has 0 aliphatic rings. The number of amidine groups is 1. The minimum Gasteiger partial charge on any atom is -0.382 e. The van der Waals surface area contributed by atoms with Crippen molar-refractivity contribution in [1.82, 2.24) is 5.12 Å². The summed E-state index contributed by atoms with van der Waals surface area (Å²) in [7, 11) is 1.59. The minimum atomic E-state index is 0.340. The van der Waals surface area contributed by atoms with Gasteiger partial charge in [0.05, 0.1) is 0 Å². The van der Waals surface area contributed by atoms with E-state index in [0.29, 0.717) is 10.9 Å². The highest BCUT2D eigenvalue weighted by Gasteiger charge is 1.98. The van der Waals surface area contributed by atoms with Crippen molar-refractivity contribution < 1.29 is 0 Å². The van der Waals surface area contributed by atoms with Crippen molar-refractivity contribution in [3.05, 3.63) is 34.9 Å². The Morgan fingerprint density at radius 3 is 2.77 bits per heavy atom. The van der Waals surface area contributed by atoms with Crippen LogP contribution in [0.15, 0.2) is 29.4 Å². The highest BCUT2D eigenvalue weighted by molar-refractivity contribution is 6.31. The second kappa shape index (κ2) is 4.11. The van der Waals surface area contributed by atoms with Crippen LogP contribution in [0.2, 0.25) is 5.02 Å². The van der Waals surface area contributed by atoms with Gasteiger partial charge in [-0.3, -0.25) is 0 Å². The lowest BCUT2D eigenvalue weighted by Gasteiger charge is -2.06. The van der Waals surface area contributed by atoms with E-state index in [2.05, 4.69) is 5.10 Å². The van der Waals surface area contributed by atoms with Gasteiger partial charge < -0.3 is 5.73 Å². The zero-order valence-corrected chi connectivity index (χ0v) is 7.99. The Kier molecular flexibility index (Phi) is 3.11. The molecular weight excluding hydrogens is 188 g/mol. The number of hydrogen-bond donors (Lipinski definition) is 2. The molecule has 13 heavy (non-hydrogen) atoms. The van der Waals surface area contributed by atoms with Crippen LogP contribution in [0.4, 0.5) is 0 Å². The number of nitrogens with zero attached hydrogens (tertiary/aromatic N) is 2. The number of hydrazine groups is 1. The minimum absolute atomic E-state index is 0.340. The molecule has 0 amide bonds. The summed E-state index contributed by atoms with van der Waals surface area (Å²) in [6, 6.07) is 7.11. The molecule has 5 heteroatoms. The van der Waals surface area contributed by atoms with Gasteiger partial charge >= 0.3 is 0 Å². The Bertz CT molecular complexity index is 322. The van der Waals surface area contributed by atoms with E-state index in [4.69, 9.17) is 23.2 Å². The molecule has 1 rings (SSSR count). The molecule has 0 fully saturated rings. The summed E-state index contributed by atoms with van der Waals surface area (Å²) in [4.78, 5) is 0. The average Bonchev–Trinajstić information content (AvgIpc) is 2.03. The third-order valence-electron chi connectivity index (χ3n) is 1.39. The number of benzene rings is 1. The van der Waals surface area contributed by atoms with Crippen molar-refractivity contribution in [3.8, 4) is 0 Å². The Morgan fingerprint density at radius 1 is 1.54 bits per heavy atom. The van der Waals surface area contributed by atoms with Gasteiger partial charge in [-0.2, -0.15) is 0 Å². The number of rotatable bonds is 2. The summed E-state index contributed by atoms with van der Waals surface area (Å²) in [5, 5.41) is 5.61.